The lowest BCUT2D eigenvalue weighted by molar-refractivity contribution is -0.147. The highest BCUT2D eigenvalue weighted by Gasteiger charge is 2.30. The molecule has 0 saturated heterocycles. The van der Waals surface area contributed by atoms with E-state index in [0.717, 1.165) is 5.56 Å². The first-order valence-electron chi connectivity index (χ1n) is 7.46. The van der Waals surface area contributed by atoms with Crippen LogP contribution in [0.2, 0.25) is 0 Å². The second-order valence-electron chi connectivity index (χ2n) is 6.15. The van der Waals surface area contributed by atoms with Crippen LogP contribution in [0, 0.1) is 0 Å². The molecule has 1 aromatic carbocycles. The first-order chi connectivity index (χ1) is 10.7. The monoisotopic (exact) mass is 323 g/mol. The maximum atomic E-state index is 11.9. The van der Waals surface area contributed by atoms with Crippen molar-refractivity contribution in [3.63, 3.8) is 0 Å². The Morgan fingerprint density at radius 1 is 1.17 bits per heavy atom. The number of ether oxygens (including phenoxy) is 3. The van der Waals surface area contributed by atoms with E-state index in [1.54, 1.807) is 27.7 Å². The second kappa shape index (κ2) is 8.53. The minimum atomic E-state index is -0.946. The van der Waals surface area contributed by atoms with Gasteiger partial charge in [-0.05, 0) is 33.3 Å². The maximum absolute atomic E-state index is 11.9. The van der Waals surface area contributed by atoms with Crippen LogP contribution in [0.15, 0.2) is 30.3 Å². The number of hydrogen-bond donors (Lipinski definition) is 1. The third-order valence-electron chi connectivity index (χ3n) is 2.95. The SMILES string of the molecule is COC(=O)[C@@H](NC(=O)OC(C)(C)C)[C@@H](C)OCc1ccccc1. The van der Waals surface area contributed by atoms with Gasteiger partial charge in [-0.2, -0.15) is 0 Å². The van der Waals surface area contributed by atoms with Gasteiger partial charge in [0.05, 0.1) is 19.8 Å². The summed E-state index contributed by atoms with van der Waals surface area (Å²) in [5.74, 6) is -0.587. The number of rotatable bonds is 6. The van der Waals surface area contributed by atoms with Gasteiger partial charge in [-0.15, -0.1) is 0 Å². The summed E-state index contributed by atoms with van der Waals surface area (Å²) in [6, 6.07) is 8.61. The van der Waals surface area contributed by atoms with Gasteiger partial charge >= 0.3 is 12.1 Å². The molecule has 0 unspecified atom stereocenters. The Balaban J connectivity index is 2.65. The van der Waals surface area contributed by atoms with Gasteiger partial charge in [0.2, 0.25) is 0 Å². The Labute approximate surface area is 137 Å². The number of nitrogens with one attached hydrogen (secondary N) is 1. The van der Waals surface area contributed by atoms with Crippen molar-refractivity contribution in [3.05, 3.63) is 35.9 Å². The van der Waals surface area contributed by atoms with Crippen LogP contribution in [0.1, 0.15) is 33.3 Å². The minimum absolute atomic E-state index is 0.325. The van der Waals surface area contributed by atoms with Crippen molar-refractivity contribution in [2.24, 2.45) is 0 Å². The topological polar surface area (TPSA) is 73.9 Å². The van der Waals surface area contributed by atoms with Crippen molar-refractivity contribution < 1.29 is 23.8 Å². The maximum Gasteiger partial charge on any atom is 0.408 e. The Morgan fingerprint density at radius 3 is 2.30 bits per heavy atom. The molecule has 1 aromatic rings. The molecule has 0 saturated carbocycles. The molecule has 0 aliphatic rings. The minimum Gasteiger partial charge on any atom is -0.467 e. The molecular formula is C17H25NO5. The molecule has 0 bridgehead atoms. The van der Waals surface area contributed by atoms with E-state index in [-0.39, 0.29) is 0 Å². The molecule has 1 rings (SSSR count). The molecule has 0 heterocycles. The van der Waals surface area contributed by atoms with Gasteiger partial charge in [0, 0.05) is 0 Å². The fraction of sp³-hybridized carbons (Fsp3) is 0.529. The van der Waals surface area contributed by atoms with Gasteiger partial charge in [0.15, 0.2) is 6.04 Å². The Morgan fingerprint density at radius 2 is 1.78 bits per heavy atom. The molecule has 128 valence electrons. The van der Waals surface area contributed by atoms with Crippen LogP contribution in [0.4, 0.5) is 4.79 Å². The number of amides is 1. The molecule has 0 aliphatic carbocycles. The lowest BCUT2D eigenvalue weighted by atomic mass is 10.1. The van der Waals surface area contributed by atoms with E-state index in [9.17, 15) is 9.59 Å². The van der Waals surface area contributed by atoms with E-state index in [4.69, 9.17) is 14.2 Å². The average Bonchev–Trinajstić information content (AvgIpc) is 2.49. The summed E-state index contributed by atoms with van der Waals surface area (Å²) >= 11 is 0. The smallest absolute Gasteiger partial charge is 0.408 e. The first-order valence-corrected chi connectivity index (χ1v) is 7.46. The predicted octanol–water partition coefficient (Wildman–Crippen LogP) is 2.66. The largest absolute Gasteiger partial charge is 0.467 e. The van der Waals surface area contributed by atoms with E-state index < -0.39 is 29.8 Å². The molecule has 2 atom stereocenters. The molecule has 23 heavy (non-hydrogen) atoms. The average molecular weight is 323 g/mol. The van der Waals surface area contributed by atoms with Crippen molar-refractivity contribution in [2.75, 3.05) is 7.11 Å². The number of benzene rings is 1. The Hall–Kier alpha value is -2.08. The van der Waals surface area contributed by atoms with Crippen LogP contribution in [0.5, 0.6) is 0 Å². The van der Waals surface area contributed by atoms with Crippen LogP contribution >= 0.6 is 0 Å². The van der Waals surface area contributed by atoms with Crippen LogP contribution < -0.4 is 5.32 Å². The van der Waals surface area contributed by atoms with Gasteiger partial charge in [0.1, 0.15) is 5.60 Å². The molecule has 1 amide bonds. The van der Waals surface area contributed by atoms with Crippen molar-refractivity contribution in [1.29, 1.82) is 0 Å². The third kappa shape index (κ3) is 7.15. The lowest BCUT2D eigenvalue weighted by Gasteiger charge is -2.25. The number of hydrogen-bond acceptors (Lipinski definition) is 5. The van der Waals surface area contributed by atoms with Crippen LogP contribution in [-0.4, -0.2) is 36.9 Å². The fourth-order valence-electron chi connectivity index (χ4n) is 1.83. The highest BCUT2D eigenvalue weighted by atomic mass is 16.6. The highest BCUT2D eigenvalue weighted by Crippen LogP contribution is 2.10. The van der Waals surface area contributed by atoms with Gasteiger partial charge in [-0.1, -0.05) is 30.3 Å². The number of carbonyl (C=O) groups excluding carboxylic acids is 2. The quantitative estimate of drug-likeness (QED) is 0.815. The Bertz CT molecular complexity index is 509. The molecule has 0 aliphatic heterocycles. The molecule has 0 aromatic heterocycles. The van der Waals surface area contributed by atoms with E-state index in [2.05, 4.69) is 5.32 Å². The second-order valence-corrected chi connectivity index (χ2v) is 6.15. The van der Waals surface area contributed by atoms with Crippen molar-refractivity contribution in [3.8, 4) is 0 Å². The Kier molecular flexibility index (Phi) is 7.03. The van der Waals surface area contributed by atoms with Crippen molar-refractivity contribution >= 4 is 12.1 Å². The van der Waals surface area contributed by atoms with Gasteiger partial charge < -0.3 is 19.5 Å². The van der Waals surface area contributed by atoms with Crippen LogP contribution in [0.3, 0.4) is 0 Å². The summed E-state index contributed by atoms with van der Waals surface area (Å²) in [6.45, 7) is 7.26. The summed E-state index contributed by atoms with van der Waals surface area (Å²) in [5, 5.41) is 2.50. The summed E-state index contributed by atoms with van der Waals surface area (Å²) in [7, 11) is 1.26. The molecule has 0 fully saturated rings. The number of alkyl carbamates (subject to hydrolysis) is 1. The van der Waals surface area contributed by atoms with Crippen molar-refractivity contribution in [1.82, 2.24) is 5.32 Å². The lowest BCUT2D eigenvalue weighted by Crippen LogP contribution is -2.50. The van der Waals surface area contributed by atoms with Crippen LogP contribution in [0.25, 0.3) is 0 Å². The molecule has 1 N–H and O–H groups in total. The summed E-state index contributed by atoms with van der Waals surface area (Å²) in [4.78, 5) is 23.8. The summed E-state index contributed by atoms with van der Waals surface area (Å²) in [5.41, 5.74) is 0.319. The molecular weight excluding hydrogens is 298 g/mol. The third-order valence-corrected chi connectivity index (χ3v) is 2.95. The molecule has 0 radical (unpaired) electrons. The normalized spacial score (nSPS) is 13.8. The van der Waals surface area contributed by atoms with E-state index >= 15 is 0 Å². The zero-order chi connectivity index (χ0) is 17.5. The summed E-state index contributed by atoms with van der Waals surface area (Å²) in [6.07, 6.45) is -1.27. The zero-order valence-corrected chi connectivity index (χ0v) is 14.3. The molecule has 0 spiro atoms. The highest BCUT2D eigenvalue weighted by molar-refractivity contribution is 5.82. The number of methoxy groups -OCH3 is 1. The molecule has 6 nitrogen and oxygen atoms in total. The van der Waals surface area contributed by atoms with E-state index in [1.165, 1.54) is 7.11 Å². The number of carbonyl (C=O) groups is 2. The van der Waals surface area contributed by atoms with Gasteiger partial charge in [0.25, 0.3) is 0 Å². The molecule has 6 heteroatoms. The zero-order valence-electron chi connectivity index (χ0n) is 14.3. The van der Waals surface area contributed by atoms with Gasteiger partial charge in [-0.3, -0.25) is 0 Å². The van der Waals surface area contributed by atoms with Crippen molar-refractivity contribution in [2.45, 2.75) is 52.0 Å². The fourth-order valence-corrected chi connectivity index (χ4v) is 1.83. The first kappa shape index (κ1) is 19.0. The number of esters is 1. The predicted molar refractivity (Wildman–Crippen MR) is 85.9 cm³/mol. The van der Waals surface area contributed by atoms with Gasteiger partial charge in [-0.25, -0.2) is 9.59 Å². The van der Waals surface area contributed by atoms with E-state index in [1.807, 2.05) is 30.3 Å². The summed E-state index contributed by atoms with van der Waals surface area (Å²) < 4.78 is 15.6. The van der Waals surface area contributed by atoms with E-state index in [0.29, 0.717) is 6.61 Å². The van der Waals surface area contributed by atoms with Crippen LogP contribution in [-0.2, 0) is 25.6 Å². The standard InChI is InChI=1S/C17H25NO5/c1-12(22-11-13-9-7-6-8-10-13)14(15(19)21-5)18-16(20)23-17(2,3)4/h6-10,12,14H,11H2,1-5H3,(H,18,20)/t12-,14+/m1/s1.